The predicted octanol–water partition coefficient (Wildman–Crippen LogP) is 2.70. The van der Waals surface area contributed by atoms with E-state index in [1.165, 1.54) is 0 Å². The van der Waals surface area contributed by atoms with Crippen LogP contribution in [-0.4, -0.2) is 9.38 Å². The van der Waals surface area contributed by atoms with E-state index < -0.39 is 0 Å². The Bertz CT molecular complexity index is 396. The predicted molar refractivity (Wildman–Crippen MR) is 55.6 cm³/mol. The fourth-order valence-electron chi connectivity index (χ4n) is 0.940. The molecule has 0 atom stereocenters. The molecule has 0 aromatic carbocycles. The molecule has 0 bridgehead atoms. The second kappa shape index (κ2) is 2.75. The average molecular weight is 323 g/mol. The van der Waals surface area contributed by atoms with Crippen molar-refractivity contribution in [1.29, 1.82) is 0 Å². The van der Waals surface area contributed by atoms with Gasteiger partial charge in [-0.2, -0.15) is 0 Å². The van der Waals surface area contributed by atoms with E-state index >= 15 is 0 Å². The second-order valence-electron chi connectivity index (χ2n) is 2.18. The lowest BCUT2D eigenvalue weighted by Gasteiger charge is -1.93. The summed E-state index contributed by atoms with van der Waals surface area (Å²) in [7, 11) is 0. The topological polar surface area (TPSA) is 17.3 Å². The summed E-state index contributed by atoms with van der Waals surface area (Å²) in [5.74, 6) is 0. The zero-order chi connectivity index (χ0) is 7.84. The van der Waals surface area contributed by atoms with Crippen LogP contribution in [0.5, 0.6) is 0 Å². The Balaban J connectivity index is 2.86. The summed E-state index contributed by atoms with van der Waals surface area (Å²) in [6.45, 7) is 0. The van der Waals surface area contributed by atoms with Gasteiger partial charge >= 0.3 is 0 Å². The monoisotopic (exact) mass is 322 g/mol. The van der Waals surface area contributed by atoms with Gasteiger partial charge in [0.2, 0.25) is 0 Å². The number of halogens is 2. The Hall–Kier alpha value is -0.100. The van der Waals surface area contributed by atoms with Gasteiger partial charge in [-0.05, 0) is 50.7 Å². The van der Waals surface area contributed by atoms with E-state index in [9.17, 15) is 0 Å². The van der Waals surface area contributed by atoms with E-state index in [0.717, 1.165) is 13.7 Å². The Morgan fingerprint density at radius 3 is 3.09 bits per heavy atom. The summed E-state index contributed by atoms with van der Waals surface area (Å²) in [5, 5.41) is 0. The highest BCUT2D eigenvalue weighted by Gasteiger charge is 1.98. The van der Waals surface area contributed by atoms with Crippen LogP contribution in [0.2, 0.25) is 0 Å². The Morgan fingerprint density at radius 1 is 1.45 bits per heavy atom. The molecule has 0 saturated carbocycles. The molecule has 0 radical (unpaired) electrons. The standard InChI is InChI=1S/C7H4BrIN2/c8-5-1-2-6-7(9)10-4-11(6)3-5/h1-4H. The third-order valence-electron chi connectivity index (χ3n) is 1.45. The van der Waals surface area contributed by atoms with Gasteiger partial charge in [-0.1, -0.05) is 0 Å². The van der Waals surface area contributed by atoms with Crippen molar-refractivity contribution in [3.8, 4) is 0 Å². The lowest BCUT2D eigenvalue weighted by Crippen LogP contribution is -1.80. The number of hydrogen-bond donors (Lipinski definition) is 0. The van der Waals surface area contributed by atoms with E-state index in [0.29, 0.717) is 0 Å². The van der Waals surface area contributed by atoms with E-state index in [1.807, 2.05) is 29.1 Å². The quantitative estimate of drug-likeness (QED) is 0.682. The van der Waals surface area contributed by atoms with E-state index in [1.54, 1.807) is 0 Å². The lowest BCUT2D eigenvalue weighted by molar-refractivity contribution is 1.14. The number of rotatable bonds is 0. The molecular weight excluding hydrogens is 319 g/mol. The molecule has 0 fully saturated rings. The molecule has 0 aliphatic rings. The van der Waals surface area contributed by atoms with Crippen LogP contribution in [0.25, 0.3) is 5.52 Å². The smallest absolute Gasteiger partial charge is 0.127 e. The molecule has 0 N–H and O–H groups in total. The van der Waals surface area contributed by atoms with Crippen LogP contribution >= 0.6 is 38.5 Å². The van der Waals surface area contributed by atoms with Crippen molar-refractivity contribution in [2.45, 2.75) is 0 Å². The van der Waals surface area contributed by atoms with Crippen LogP contribution in [0.1, 0.15) is 0 Å². The van der Waals surface area contributed by atoms with Crippen LogP contribution < -0.4 is 0 Å². The summed E-state index contributed by atoms with van der Waals surface area (Å²) < 4.78 is 4.10. The highest BCUT2D eigenvalue weighted by molar-refractivity contribution is 14.1. The van der Waals surface area contributed by atoms with Gasteiger partial charge in [0.15, 0.2) is 0 Å². The molecule has 2 aromatic heterocycles. The number of pyridine rings is 1. The molecule has 2 heterocycles. The van der Waals surface area contributed by atoms with Crippen molar-refractivity contribution in [2.75, 3.05) is 0 Å². The third-order valence-corrected chi connectivity index (χ3v) is 2.75. The van der Waals surface area contributed by atoms with Crippen molar-refractivity contribution in [1.82, 2.24) is 9.38 Å². The first-order valence-electron chi connectivity index (χ1n) is 3.05. The minimum absolute atomic E-state index is 1.04. The van der Waals surface area contributed by atoms with E-state index in [4.69, 9.17) is 0 Å². The maximum absolute atomic E-state index is 4.17. The van der Waals surface area contributed by atoms with Crippen LogP contribution in [0.4, 0.5) is 0 Å². The van der Waals surface area contributed by atoms with E-state index in [-0.39, 0.29) is 0 Å². The minimum Gasteiger partial charge on any atom is -0.304 e. The molecule has 11 heavy (non-hydrogen) atoms. The molecule has 0 spiro atoms. The van der Waals surface area contributed by atoms with Crippen molar-refractivity contribution in [2.24, 2.45) is 0 Å². The Labute approximate surface area is 85.9 Å². The average Bonchev–Trinajstić information content (AvgIpc) is 2.32. The molecule has 2 aromatic rings. The summed E-state index contributed by atoms with van der Waals surface area (Å²) in [4.78, 5) is 4.17. The molecule has 0 saturated heterocycles. The highest BCUT2D eigenvalue weighted by Crippen LogP contribution is 2.15. The maximum Gasteiger partial charge on any atom is 0.127 e. The minimum atomic E-state index is 1.04. The second-order valence-corrected chi connectivity index (χ2v) is 4.11. The molecule has 4 heteroatoms. The van der Waals surface area contributed by atoms with Gasteiger partial charge in [-0.15, -0.1) is 0 Å². The van der Waals surface area contributed by atoms with Crippen LogP contribution in [0, 0.1) is 3.70 Å². The first kappa shape index (κ1) is 7.54. The molecule has 0 aliphatic carbocycles. The molecule has 2 nitrogen and oxygen atoms in total. The number of fused-ring (bicyclic) bond motifs is 1. The molecule has 56 valence electrons. The fourth-order valence-corrected chi connectivity index (χ4v) is 1.88. The lowest BCUT2D eigenvalue weighted by atomic mass is 10.4. The number of aromatic nitrogens is 2. The van der Waals surface area contributed by atoms with Crippen LogP contribution in [0.15, 0.2) is 29.1 Å². The maximum atomic E-state index is 4.17. The Morgan fingerprint density at radius 2 is 2.27 bits per heavy atom. The first-order valence-corrected chi connectivity index (χ1v) is 4.92. The van der Waals surface area contributed by atoms with Crippen LogP contribution in [0.3, 0.4) is 0 Å². The Kier molecular flexibility index (Phi) is 1.88. The normalized spacial score (nSPS) is 10.7. The van der Waals surface area contributed by atoms with Gasteiger partial charge in [-0.3, -0.25) is 0 Å². The SMILES string of the molecule is Brc1ccc2c(I)ncn2c1. The third kappa shape index (κ3) is 1.29. The molecule has 0 aliphatic heterocycles. The van der Waals surface area contributed by atoms with Gasteiger partial charge in [0.1, 0.15) is 10.0 Å². The summed E-state index contributed by atoms with van der Waals surface area (Å²) in [6.07, 6.45) is 3.80. The number of hydrogen-bond acceptors (Lipinski definition) is 1. The number of nitrogens with zero attached hydrogens (tertiary/aromatic N) is 2. The fraction of sp³-hybridized carbons (Fsp3) is 0. The van der Waals surface area contributed by atoms with Gasteiger partial charge < -0.3 is 4.40 Å². The number of imidazole rings is 1. The summed E-state index contributed by atoms with van der Waals surface area (Å²) in [5.41, 5.74) is 1.15. The van der Waals surface area contributed by atoms with Crippen molar-refractivity contribution in [3.63, 3.8) is 0 Å². The van der Waals surface area contributed by atoms with Gasteiger partial charge in [-0.25, -0.2) is 4.98 Å². The zero-order valence-corrected chi connectivity index (χ0v) is 9.20. The van der Waals surface area contributed by atoms with Crippen molar-refractivity contribution >= 4 is 44.0 Å². The molecular formula is C7H4BrIN2. The summed E-state index contributed by atoms with van der Waals surface area (Å²) in [6, 6.07) is 4.05. The molecule has 0 amide bonds. The van der Waals surface area contributed by atoms with Gasteiger partial charge in [0, 0.05) is 10.7 Å². The van der Waals surface area contributed by atoms with Crippen molar-refractivity contribution in [3.05, 3.63) is 32.8 Å². The highest BCUT2D eigenvalue weighted by atomic mass is 127. The first-order chi connectivity index (χ1) is 5.27. The molecule has 2 rings (SSSR count). The largest absolute Gasteiger partial charge is 0.304 e. The van der Waals surface area contributed by atoms with E-state index in [2.05, 4.69) is 43.5 Å². The summed E-state index contributed by atoms with van der Waals surface area (Å²) >= 11 is 5.61. The zero-order valence-electron chi connectivity index (χ0n) is 5.46. The van der Waals surface area contributed by atoms with Crippen molar-refractivity contribution < 1.29 is 0 Å². The molecule has 0 unspecified atom stereocenters. The van der Waals surface area contributed by atoms with Gasteiger partial charge in [0.05, 0.1) is 5.52 Å². The van der Waals surface area contributed by atoms with Gasteiger partial charge in [0.25, 0.3) is 0 Å². The van der Waals surface area contributed by atoms with Crippen LogP contribution in [-0.2, 0) is 0 Å².